The summed E-state index contributed by atoms with van der Waals surface area (Å²) in [6.45, 7) is 3.48. The van der Waals surface area contributed by atoms with Gasteiger partial charge in [0.15, 0.2) is 23.6 Å². The minimum atomic E-state index is -1.51. The number of alkyl halides is 1. The molecule has 0 aromatic heterocycles. The fourth-order valence-electron chi connectivity index (χ4n) is 3.36. The van der Waals surface area contributed by atoms with Gasteiger partial charge >= 0.3 is 0 Å². The van der Waals surface area contributed by atoms with Gasteiger partial charge in [0, 0.05) is 11.1 Å². The summed E-state index contributed by atoms with van der Waals surface area (Å²) in [6, 6.07) is 7.13. The van der Waals surface area contributed by atoms with E-state index in [1.807, 2.05) is 13.8 Å². The first-order chi connectivity index (χ1) is 13.9. The molecule has 0 atom stereocenters. The molecule has 1 heterocycles. The second kappa shape index (κ2) is 9.09. The third kappa shape index (κ3) is 4.87. The molecule has 1 saturated heterocycles. The van der Waals surface area contributed by atoms with Crippen molar-refractivity contribution in [3.8, 4) is 11.1 Å². The van der Waals surface area contributed by atoms with Gasteiger partial charge in [-0.05, 0) is 36.1 Å². The first-order valence-corrected chi connectivity index (χ1v) is 9.74. The maximum absolute atomic E-state index is 14.6. The maximum Gasteiger partial charge on any atom is 0.177 e. The summed E-state index contributed by atoms with van der Waals surface area (Å²) in [4.78, 5) is 0. The van der Waals surface area contributed by atoms with E-state index in [1.54, 1.807) is 12.1 Å². The van der Waals surface area contributed by atoms with Crippen LogP contribution in [-0.2, 0) is 15.9 Å². The Kier molecular flexibility index (Phi) is 6.75. The number of ether oxygens (including phenoxy) is 2. The Balaban J connectivity index is 1.75. The molecule has 29 heavy (non-hydrogen) atoms. The van der Waals surface area contributed by atoms with E-state index in [4.69, 9.17) is 9.47 Å². The van der Waals surface area contributed by atoms with E-state index in [0.717, 1.165) is 0 Å². The van der Waals surface area contributed by atoms with Crippen LogP contribution in [0.2, 0.25) is 0 Å². The molecule has 1 fully saturated rings. The number of hydrogen-bond acceptors (Lipinski definition) is 2. The van der Waals surface area contributed by atoms with Gasteiger partial charge in [-0.15, -0.1) is 0 Å². The number of aryl methyl sites for hydroxylation is 1. The fraction of sp³-hybridized carbons (Fsp3) is 0.391. The van der Waals surface area contributed by atoms with Gasteiger partial charge in [-0.2, -0.15) is 0 Å². The molecule has 1 aliphatic rings. The predicted octanol–water partition coefficient (Wildman–Crippen LogP) is 6.23. The van der Waals surface area contributed by atoms with Gasteiger partial charge < -0.3 is 9.47 Å². The van der Waals surface area contributed by atoms with Crippen LogP contribution in [0.5, 0.6) is 0 Å². The monoisotopic (exact) mass is 408 g/mol. The van der Waals surface area contributed by atoms with Crippen molar-refractivity contribution in [2.24, 2.45) is 0 Å². The highest BCUT2D eigenvalue weighted by Crippen LogP contribution is 2.29. The molecule has 6 heteroatoms. The molecule has 0 saturated carbocycles. The van der Waals surface area contributed by atoms with Crippen LogP contribution in [0.15, 0.2) is 36.4 Å². The molecule has 3 rings (SSSR count). The second-order valence-electron chi connectivity index (χ2n) is 7.24. The number of hydrogen-bond donors (Lipinski definition) is 0. The molecule has 2 aromatic rings. The minimum Gasteiger partial charge on any atom is -0.346 e. The maximum atomic E-state index is 14.6. The van der Waals surface area contributed by atoms with Crippen LogP contribution < -0.4 is 0 Å². The van der Waals surface area contributed by atoms with Crippen molar-refractivity contribution in [2.45, 2.75) is 45.1 Å². The van der Waals surface area contributed by atoms with Crippen LogP contribution in [-0.4, -0.2) is 25.2 Å². The van der Waals surface area contributed by atoms with E-state index < -0.39 is 29.4 Å². The lowest BCUT2D eigenvalue weighted by atomic mass is 10.00. The van der Waals surface area contributed by atoms with E-state index in [0.29, 0.717) is 24.8 Å². The lowest BCUT2D eigenvalue weighted by Gasteiger charge is -2.32. The Morgan fingerprint density at radius 1 is 1.03 bits per heavy atom. The van der Waals surface area contributed by atoms with E-state index in [9.17, 15) is 17.6 Å². The van der Waals surface area contributed by atoms with Gasteiger partial charge in [0.2, 0.25) is 0 Å². The van der Waals surface area contributed by atoms with Crippen LogP contribution in [0.1, 0.15) is 37.8 Å². The van der Waals surface area contributed by atoms with Crippen LogP contribution in [0.25, 0.3) is 17.2 Å². The molecule has 0 bridgehead atoms. The van der Waals surface area contributed by atoms with Gasteiger partial charge in [0.1, 0.15) is 5.82 Å². The summed E-state index contributed by atoms with van der Waals surface area (Å²) in [5.41, 5.74) is -0.762. The van der Waals surface area contributed by atoms with Crippen molar-refractivity contribution in [1.82, 2.24) is 0 Å². The zero-order chi connectivity index (χ0) is 21.0. The molecule has 0 N–H and O–H groups in total. The zero-order valence-electron chi connectivity index (χ0n) is 16.5. The summed E-state index contributed by atoms with van der Waals surface area (Å²) < 4.78 is 68.0. The van der Waals surface area contributed by atoms with Gasteiger partial charge in [0.05, 0.1) is 13.2 Å². The van der Waals surface area contributed by atoms with Crippen molar-refractivity contribution in [1.29, 1.82) is 0 Å². The first kappa shape index (κ1) is 21.5. The predicted molar refractivity (Wildman–Crippen MR) is 105 cm³/mol. The quantitative estimate of drug-likeness (QED) is 0.528. The lowest BCUT2D eigenvalue weighted by Crippen LogP contribution is -2.43. The summed E-state index contributed by atoms with van der Waals surface area (Å²) in [7, 11) is 0. The topological polar surface area (TPSA) is 18.5 Å². The smallest absolute Gasteiger partial charge is 0.177 e. The Bertz CT molecular complexity index is 887. The molecule has 156 valence electrons. The fourth-order valence-corrected chi connectivity index (χ4v) is 3.36. The Morgan fingerprint density at radius 2 is 1.76 bits per heavy atom. The summed E-state index contributed by atoms with van der Waals surface area (Å²) in [5.74, 6) is -2.57. The number of rotatable bonds is 6. The molecule has 2 nitrogen and oxygen atoms in total. The van der Waals surface area contributed by atoms with Crippen molar-refractivity contribution in [3.05, 3.63) is 65.0 Å². The molecule has 0 radical (unpaired) electrons. The molecule has 0 amide bonds. The van der Waals surface area contributed by atoms with Crippen LogP contribution in [0.3, 0.4) is 0 Å². The summed E-state index contributed by atoms with van der Waals surface area (Å²) >= 11 is 0. The summed E-state index contributed by atoms with van der Waals surface area (Å²) in [6.07, 6.45) is 3.45. The first-order valence-electron chi connectivity index (χ1n) is 9.74. The molecule has 1 aliphatic heterocycles. The van der Waals surface area contributed by atoms with E-state index in [-0.39, 0.29) is 29.9 Å². The average molecular weight is 408 g/mol. The third-order valence-electron chi connectivity index (χ3n) is 5.00. The minimum absolute atomic E-state index is 0.00487. The van der Waals surface area contributed by atoms with Gasteiger partial charge in [-0.25, -0.2) is 17.6 Å². The van der Waals surface area contributed by atoms with E-state index >= 15 is 0 Å². The van der Waals surface area contributed by atoms with Crippen LogP contribution >= 0.6 is 0 Å². The van der Waals surface area contributed by atoms with Crippen molar-refractivity contribution in [3.63, 3.8) is 0 Å². The van der Waals surface area contributed by atoms with Crippen LogP contribution in [0.4, 0.5) is 17.6 Å². The van der Waals surface area contributed by atoms with E-state index in [2.05, 4.69) is 0 Å². The molecular formula is C23H24F4O2. The van der Waals surface area contributed by atoms with Crippen LogP contribution in [0, 0.1) is 17.5 Å². The van der Waals surface area contributed by atoms with Gasteiger partial charge in [-0.3, -0.25) is 0 Å². The average Bonchev–Trinajstić information content (AvgIpc) is 2.70. The Labute approximate surface area is 168 Å². The van der Waals surface area contributed by atoms with Crippen molar-refractivity contribution >= 4 is 6.08 Å². The normalized spacial score (nSPS) is 22.3. The molecule has 0 unspecified atom stereocenters. The van der Waals surface area contributed by atoms with Gasteiger partial charge in [0.25, 0.3) is 0 Å². The second-order valence-corrected chi connectivity index (χ2v) is 7.24. The number of benzene rings is 2. The van der Waals surface area contributed by atoms with Crippen molar-refractivity contribution in [2.75, 3.05) is 13.2 Å². The van der Waals surface area contributed by atoms with Gasteiger partial charge in [-0.1, -0.05) is 50.6 Å². The SMILES string of the molecule is CCCC1(F)COC(/C=C/c2ccc(-c3ccc(CC)c(F)c3)c(F)c2F)OC1. The highest BCUT2D eigenvalue weighted by molar-refractivity contribution is 5.67. The molecule has 0 spiro atoms. The number of halogens is 4. The molecule has 2 aromatic carbocycles. The van der Waals surface area contributed by atoms with E-state index in [1.165, 1.54) is 30.4 Å². The standard InChI is InChI=1S/C23H24F4O2/c1-3-11-23(27)13-28-20(29-14-23)10-8-16-7-9-18(22(26)21(16)25)17-6-5-15(4-2)19(24)12-17/h5-10,12,20H,3-4,11,13-14H2,1-2H3/b10-8+. The molecular weight excluding hydrogens is 384 g/mol. The largest absolute Gasteiger partial charge is 0.346 e. The highest BCUT2D eigenvalue weighted by Gasteiger charge is 2.35. The summed E-state index contributed by atoms with van der Waals surface area (Å²) in [5, 5.41) is 0. The molecule has 0 aliphatic carbocycles. The zero-order valence-corrected chi connectivity index (χ0v) is 16.5. The Hall–Kier alpha value is -2.18. The Morgan fingerprint density at radius 3 is 2.38 bits per heavy atom. The third-order valence-corrected chi connectivity index (χ3v) is 5.00. The lowest BCUT2D eigenvalue weighted by molar-refractivity contribution is -0.212. The van der Waals surface area contributed by atoms with Crippen molar-refractivity contribution < 1.29 is 27.0 Å². The highest BCUT2D eigenvalue weighted by atomic mass is 19.2.